The number of nitrogens with two attached hydrogens (primary N) is 1. The fourth-order valence-corrected chi connectivity index (χ4v) is 1.60. The molecule has 2 rings (SSSR count). The Hall–Kier alpha value is -1.59. The first-order chi connectivity index (χ1) is 8.24. The van der Waals surface area contributed by atoms with E-state index >= 15 is 0 Å². The summed E-state index contributed by atoms with van der Waals surface area (Å²) < 4.78 is 7.31. The largest absolute Gasteiger partial charge is 0.434 e. The van der Waals surface area contributed by atoms with Crippen LogP contribution in [-0.2, 0) is 13.1 Å². The van der Waals surface area contributed by atoms with E-state index in [0.29, 0.717) is 23.2 Å². The molecule has 2 heterocycles. The van der Waals surface area contributed by atoms with E-state index in [9.17, 15) is 0 Å². The topological polar surface area (TPSA) is 66.0 Å². The molecule has 0 amide bonds. The van der Waals surface area contributed by atoms with Gasteiger partial charge in [-0.3, -0.25) is 4.68 Å². The Labute approximate surface area is 104 Å². The smallest absolute Gasteiger partial charge is 0.238 e. The van der Waals surface area contributed by atoms with Gasteiger partial charge >= 0.3 is 0 Å². The summed E-state index contributed by atoms with van der Waals surface area (Å²) in [6.45, 7) is 3.14. The minimum Gasteiger partial charge on any atom is -0.434 e. The van der Waals surface area contributed by atoms with Crippen molar-refractivity contribution in [3.05, 3.63) is 35.2 Å². The molecule has 0 saturated heterocycles. The highest BCUT2D eigenvalue weighted by Crippen LogP contribution is 2.29. The highest BCUT2D eigenvalue weighted by atomic mass is 35.5. The summed E-state index contributed by atoms with van der Waals surface area (Å²) in [6, 6.07) is 1.77. The van der Waals surface area contributed by atoms with Crippen molar-refractivity contribution >= 4 is 11.6 Å². The van der Waals surface area contributed by atoms with Crippen LogP contribution in [0.4, 0.5) is 0 Å². The van der Waals surface area contributed by atoms with Gasteiger partial charge < -0.3 is 10.5 Å². The van der Waals surface area contributed by atoms with Gasteiger partial charge in [0, 0.05) is 19.3 Å². The summed E-state index contributed by atoms with van der Waals surface area (Å²) in [7, 11) is 0. The van der Waals surface area contributed by atoms with E-state index in [1.54, 1.807) is 29.3 Å². The molecule has 0 unspecified atom stereocenters. The molecular formula is C11H13ClN4O. The summed E-state index contributed by atoms with van der Waals surface area (Å²) >= 11 is 6.10. The average Bonchev–Trinajstić information content (AvgIpc) is 2.79. The summed E-state index contributed by atoms with van der Waals surface area (Å²) in [6.07, 6.45) is 5.03. The summed E-state index contributed by atoms with van der Waals surface area (Å²) in [5.74, 6) is 0.959. The highest BCUT2D eigenvalue weighted by Gasteiger charge is 2.09. The number of ether oxygens (including phenoxy) is 1. The van der Waals surface area contributed by atoms with Crippen molar-refractivity contribution in [1.29, 1.82) is 0 Å². The van der Waals surface area contributed by atoms with E-state index in [-0.39, 0.29) is 0 Å². The van der Waals surface area contributed by atoms with Gasteiger partial charge in [-0.2, -0.15) is 5.10 Å². The zero-order valence-electron chi connectivity index (χ0n) is 9.43. The van der Waals surface area contributed by atoms with E-state index in [1.807, 2.05) is 6.92 Å². The molecule has 0 fully saturated rings. The number of pyridine rings is 1. The van der Waals surface area contributed by atoms with Crippen LogP contribution < -0.4 is 10.5 Å². The second-order valence-electron chi connectivity index (χ2n) is 3.43. The molecule has 2 N–H and O–H groups in total. The average molecular weight is 253 g/mol. The van der Waals surface area contributed by atoms with Crippen molar-refractivity contribution in [3.8, 4) is 11.6 Å². The predicted molar refractivity (Wildman–Crippen MR) is 65.1 cm³/mol. The van der Waals surface area contributed by atoms with Crippen molar-refractivity contribution in [2.75, 3.05) is 0 Å². The van der Waals surface area contributed by atoms with Crippen LogP contribution in [0.3, 0.4) is 0 Å². The third-order valence-electron chi connectivity index (χ3n) is 2.31. The van der Waals surface area contributed by atoms with Gasteiger partial charge in [-0.25, -0.2) is 4.98 Å². The predicted octanol–water partition coefficient (Wildman–Crippen LogP) is 2.20. The molecule has 5 nitrogen and oxygen atoms in total. The zero-order valence-corrected chi connectivity index (χ0v) is 10.2. The summed E-state index contributed by atoms with van der Waals surface area (Å²) in [4.78, 5) is 4.07. The lowest BCUT2D eigenvalue weighted by molar-refractivity contribution is 0.461. The normalized spacial score (nSPS) is 10.5. The SMILES string of the molecule is CCn1cc(Oc2nccc(CN)c2Cl)cn1. The quantitative estimate of drug-likeness (QED) is 0.906. The van der Waals surface area contributed by atoms with Crippen LogP contribution in [0.1, 0.15) is 12.5 Å². The molecular weight excluding hydrogens is 240 g/mol. The van der Waals surface area contributed by atoms with Crippen LogP contribution in [0.25, 0.3) is 0 Å². The first-order valence-electron chi connectivity index (χ1n) is 5.28. The molecule has 0 aliphatic carbocycles. The third-order valence-corrected chi connectivity index (χ3v) is 2.71. The maximum atomic E-state index is 6.10. The Kier molecular flexibility index (Phi) is 3.61. The molecule has 17 heavy (non-hydrogen) atoms. The number of hydrogen-bond donors (Lipinski definition) is 1. The second kappa shape index (κ2) is 5.16. The van der Waals surface area contributed by atoms with E-state index < -0.39 is 0 Å². The molecule has 2 aromatic heterocycles. The van der Waals surface area contributed by atoms with Gasteiger partial charge in [0.25, 0.3) is 0 Å². The Balaban J connectivity index is 2.23. The first-order valence-corrected chi connectivity index (χ1v) is 5.66. The molecule has 0 bridgehead atoms. The molecule has 90 valence electrons. The van der Waals surface area contributed by atoms with Gasteiger partial charge in [-0.05, 0) is 18.6 Å². The van der Waals surface area contributed by atoms with Gasteiger partial charge in [-0.15, -0.1) is 0 Å². The standard InChI is InChI=1S/C11H13ClN4O/c1-2-16-7-9(6-15-16)17-11-10(12)8(5-13)3-4-14-11/h3-4,6-7H,2,5,13H2,1H3. The highest BCUT2D eigenvalue weighted by molar-refractivity contribution is 6.32. The van der Waals surface area contributed by atoms with Crippen LogP contribution in [0.5, 0.6) is 11.6 Å². The molecule has 0 atom stereocenters. The maximum absolute atomic E-state index is 6.10. The van der Waals surface area contributed by atoms with Crippen molar-refractivity contribution in [2.45, 2.75) is 20.0 Å². The number of aryl methyl sites for hydroxylation is 1. The summed E-state index contributed by atoms with van der Waals surface area (Å²) in [5.41, 5.74) is 6.36. The number of nitrogens with zero attached hydrogens (tertiary/aromatic N) is 3. The van der Waals surface area contributed by atoms with Gasteiger partial charge in [0.05, 0.1) is 12.4 Å². The maximum Gasteiger partial charge on any atom is 0.238 e. The van der Waals surface area contributed by atoms with E-state index in [2.05, 4.69) is 10.1 Å². The fourth-order valence-electron chi connectivity index (χ4n) is 1.37. The molecule has 2 aromatic rings. The number of halogens is 1. The lowest BCUT2D eigenvalue weighted by Gasteiger charge is -2.06. The minimum atomic E-state index is 0.352. The van der Waals surface area contributed by atoms with E-state index in [1.165, 1.54) is 0 Å². The van der Waals surface area contributed by atoms with Crippen molar-refractivity contribution in [1.82, 2.24) is 14.8 Å². The molecule has 0 aromatic carbocycles. The Morgan fingerprint density at radius 3 is 3.00 bits per heavy atom. The number of rotatable bonds is 4. The van der Waals surface area contributed by atoms with E-state index in [0.717, 1.165) is 12.1 Å². The van der Waals surface area contributed by atoms with Crippen LogP contribution in [0.15, 0.2) is 24.7 Å². The van der Waals surface area contributed by atoms with E-state index in [4.69, 9.17) is 22.1 Å². The monoisotopic (exact) mass is 252 g/mol. The molecule has 0 spiro atoms. The third kappa shape index (κ3) is 2.57. The van der Waals surface area contributed by atoms with Crippen LogP contribution >= 0.6 is 11.6 Å². The fraction of sp³-hybridized carbons (Fsp3) is 0.273. The molecule has 0 aliphatic rings. The molecule has 6 heteroatoms. The van der Waals surface area contributed by atoms with Crippen molar-refractivity contribution in [3.63, 3.8) is 0 Å². The Bertz CT molecular complexity index is 512. The van der Waals surface area contributed by atoms with Crippen molar-refractivity contribution in [2.24, 2.45) is 5.73 Å². The number of hydrogen-bond acceptors (Lipinski definition) is 4. The van der Waals surface area contributed by atoms with Gasteiger partial charge in [0.1, 0.15) is 5.02 Å². The summed E-state index contributed by atoms with van der Waals surface area (Å²) in [5, 5.41) is 4.54. The minimum absolute atomic E-state index is 0.352. The Morgan fingerprint density at radius 2 is 2.35 bits per heavy atom. The van der Waals surface area contributed by atoms with Crippen LogP contribution in [0, 0.1) is 0 Å². The molecule has 0 radical (unpaired) electrons. The molecule has 0 saturated carbocycles. The zero-order chi connectivity index (χ0) is 12.3. The van der Waals surface area contributed by atoms with Gasteiger partial charge in [0.2, 0.25) is 5.88 Å². The first kappa shape index (κ1) is 11.9. The lowest BCUT2D eigenvalue weighted by atomic mass is 10.3. The lowest BCUT2D eigenvalue weighted by Crippen LogP contribution is -1.99. The molecule has 0 aliphatic heterocycles. The van der Waals surface area contributed by atoms with Crippen molar-refractivity contribution < 1.29 is 4.74 Å². The van der Waals surface area contributed by atoms with Gasteiger partial charge in [0.15, 0.2) is 5.75 Å². The second-order valence-corrected chi connectivity index (χ2v) is 3.81. The van der Waals surface area contributed by atoms with Gasteiger partial charge in [-0.1, -0.05) is 11.6 Å². The van der Waals surface area contributed by atoms with Crippen LogP contribution in [0.2, 0.25) is 5.02 Å². The number of aromatic nitrogens is 3. The van der Waals surface area contributed by atoms with Crippen LogP contribution in [-0.4, -0.2) is 14.8 Å². The Morgan fingerprint density at radius 1 is 1.53 bits per heavy atom.